The van der Waals surface area contributed by atoms with Crippen LogP contribution in [-0.2, 0) is 6.42 Å². The van der Waals surface area contributed by atoms with Gasteiger partial charge in [0.05, 0.1) is 12.7 Å². The van der Waals surface area contributed by atoms with Gasteiger partial charge in [0.15, 0.2) is 11.5 Å². The van der Waals surface area contributed by atoms with Crippen LogP contribution in [0.4, 0.5) is 5.69 Å². The van der Waals surface area contributed by atoms with Gasteiger partial charge >= 0.3 is 0 Å². The number of amides is 1. The van der Waals surface area contributed by atoms with E-state index in [2.05, 4.69) is 17.4 Å². The molecule has 0 aliphatic carbocycles. The summed E-state index contributed by atoms with van der Waals surface area (Å²) < 4.78 is 17.3. The highest BCUT2D eigenvalue weighted by Gasteiger charge is 2.33. The Morgan fingerprint density at radius 2 is 1.49 bits per heavy atom. The average Bonchev–Trinajstić information content (AvgIpc) is 2.96. The Hall–Kier alpha value is -4.45. The molecule has 37 heavy (non-hydrogen) atoms. The van der Waals surface area contributed by atoms with Crippen LogP contribution < -0.4 is 19.5 Å². The van der Waals surface area contributed by atoms with Crippen molar-refractivity contribution in [2.24, 2.45) is 0 Å². The third kappa shape index (κ3) is 5.70. The van der Waals surface area contributed by atoms with E-state index in [1.807, 2.05) is 95.9 Å². The molecule has 4 aromatic carbocycles. The molecule has 0 aromatic heterocycles. The van der Waals surface area contributed by atoms with Crippen molar-refractivity contribution in [1.29, 1.82) is 0 Å². The highest BCUT2D eigenvalue weighted by molar-refractivity contribution is 6.01. The van der Waals surface area contributed by atoms with Gasteiger partial charge in [-0.05, 0) is 53.9 Å². The van der Waals surface area contributed by atoms with Crippen LogP contribution in [0.3, 0.4) is 0 Å². The van der Waals surface area contributed by atoms with E-state index in [1.165, 1.54) is 5.56 Å². The Morgan fingerprint density at radius 3 is 2.27 bits per heavy atom. The maximum absolute atomic E-state index is 13.6. The van der Waals surface area contributed by atoms with E-state index in [4.69, 9.17) is 14.2 Å². The Labute approximate surface area is 217 Å². The second kappa shape index (κ2) is 11.5. The van der Waals surface area contributed by atoms with Gasteiger partial charge < -0.3 is 24.4 Å². The monoisotopic (exact) mass is 494 g/mol. The van der Waals surface area contributed by atoms with Gasteiger partial charge in [0.2, 0.25) is 0 Å². The molecule has 0 fully saturated rings. The summed E-state index contributed by atoms with van der Waals surface area (Å²) in [6.45, 7) is 1.37. The fourth-order valence-corrected chi connectivity index (χ4v) is 4.48. The van der Waals surface area contributed by atoms with Gasteiger partial charge in [-0.25, -0.2) is 0 Å². The molecule has 0 saturated heterocycles. The SMILES string of the molecule is COc1cc(C2Nc3ccccc3C(=O)N2CCc2ccccc2)ccc1OCCOc1ccccc1. The molecule has 5 rings (SSSR count). The third-order valence-electron chi connectivity index (χ3n) is 6.36. The number of carbonyl (C=O) groups is 1. The smallest absolute Gasteiger partial charge is 0.257 e. The van der Waals surface area contributed by atoms with Gasteiger partial charge in [-0.2, -0.15) is 0 Å². The number of para-hydroxylation sites is 2. The zero-order chi connectivity index (χ0) is 25.5. The number of carbonyl (C=O) groups excluding carboxylic acids is 1. The molecule has 1 amide bonds. The van der Waals surface area contributed by atoms with E-state index in [-0.39, 0.29) is 12.1 Å². The van der Waals surface area contributed by atoms with Gasteiger partial charge in [-0.15, -0.1) is 0 Å². The number of hydrogen-bond donors (Lipinski definition) is 1. The van der Waals surface area contributed by atoms with Gasteiger partial charge in [-0.3, -0.25) is 4.79 Å². The quantitative estimate of drug-likeness (QED) is 0.276. The first-order chi connectivity index (χ1) is 18.2. The number of methoxy groups -OCH3 is 1. The number of anilines is 1. The lowest BCUT2D eigenvalue weighted by Crippen LogP contribution is -2.44. The molecule has 6 nitrogen and oxygen atoms in total. The summed E-state index contributed by atoms with van der Waals surface area (Å²) in [5.74, 6) is 2.04. The average molecular weight is 495 g/mol. The van der Waals surface area contributed by atoms with Crippen molar-refractivity contribution >= 4 is 11.6 Å². The van der Waals surface area contributed by atoms with Gasteiger partial charge in [0.1, 0.15) is 25.1 Å². The first-order valence-corrected chi connectivity index (χ1v) is 12.4. The Morgan fingerprint density at radius 1 is 0.784 bits per heavy atom. The summed E-state index contributed by atoms with van der Waals surface area (Å²) in [5, 5.41) is 3.56. The van der Waals surface area contributed by atoms with E-state index >= 15 is 0 Å². The van der Waals surface area contributed by atoms with Crippen LogP contribution in [0, 0.1) is 0 Å². The Kier molecular flexibility index (Phi) is 7.55. The molecule has 0 spiro atoms. The van der Waals surface area contributed by atoms with E-state index in [0.717, 1.165) is 23.4 Å². The fourth-order valence-electron chi connectivity index (χ4n) is 4.48. The highest BCUT2D eigenvalue weighted by Crippen LogP contribution is 2.37. The number of fused-ring (bicyclic) bond motifs is 1. The molecular weight excluding hydrogens is 464 g/mol. The molecular formula is C31H30N2O4. The topological polar surface area (TPSA) is 60.0 Å². The maximum atomic E-state index is 13.6. The lowest BCUT2D eigenvalue weighted by molar-refractivity contribution is 0.0685. The van der Waals surface area contributed by atoms with E-state index in [1.54, 1.807) is 7.11 Å². The van der Waals surface area contributed by atoms with Crippen molar-refractivity contribution in [1.82, 2.24) is 4.90 Å². The summed E-state index contributed by atoms with van der Waals surface area (Å²) in [6.07, 6.45) is 0.419. The molecule has 1 unspecified atom stereocenters. The Balaban J connectivity index is 1.33. The van der Waals surface area contributed by atoms with Crippen LogP contribution in [0.2, 0.25) is 0 Å². The first kappa shape index (κ1) is 24.3. The fraction of sp³-hybridized carbons (Fsp3) is 0.194. The van der Waals surface area contributed by atoms with Gasteiger partial charge in [0.25, 0.3) is 5.91 Å². The molecule has 188 valence electrons. The summed E-state index contributed by atoms with van der Waals surface area (Å²) in [6, 6.07) is 33.3. The van der Waals surface area contributed by atoms with Crippen molar-refractivity contribution in [3.63, 3.8) is 0 Å². The van der Waals surface area contributed by atoms with Crippen LogP contribution in [0.25, 0.3) is 0 Å². The number of nitrogens with zero attached hydrogens (tertiary/aromatic N) is 1. The molecule has 0 saturated carbocycles. The van der Waals surface area contributed by atoms with Crippen molar-refractivity contribution in [3.05, 3.63) is 120 Å². The lowest BCUT2D eigenvalue weighted by Gasteiger charge is -2.38. The summed E-state index contributed by atoms with van der Waals surface area (Å²) in [5.41, 5.74) is 3.61. The number of hydrogen-bond acceptors (Lipinski definition) is 5. The second-order valence-corrected chi connectivity index (χ2v) is 8.75. The van der Waals surface area contributed by atoms with E-state index < -0.39 is 0 Å². The molecule has 1 N–H and O–H groups in total. The van der Waals surface area contributed by atoms with Crippen molar-refractivity contribution in [2.45, 2.75) is 12.6 Å². The second-order valence-electron chi connectivity index (χ2n) is 8.75. The lowest BCUT2D eigenvalue weighted by atomic mass is 10.0. The number of nitrogens with one attached hydrogen (secondary N) is 1. The highest BCUT2D eigenvalue weighted by atomic mass is 16.5. The van der Waals surface area contributed by atoms with Crippen molar-refractivity contribution in [2.75, 3.05) is 32.2 Å². The van der Waals surface area contributed by atoms with Crippen molar-refractivity contribution in [3.8, 4) is 17.2 Å². The predicted molar refractivity (Wildman–Crippen MR) is 144 cm³/mol. The van der Waals surface area contributed by atoms with Crippen LogP contribution in [0.1, 0.15) is 27.7 Å². The van der Waals surface area contributed by atoms with Gasteiger partial charge in [0, 0.05) is 12.2 Å². The Bertz CT molecular complexity index is 1330. The predicted octanol–water partition coefficient (Wildman–Crippen LogP) is 5.96. The molecule has 6 heteroatoms. The van der Waals surface area contributed by atoms with Gasteiger partial charge in [-0.1, -0.05) is 66.7 Å². The molecule has 1 aliphatic rings. The minimum atomic E-state index is -0.338. The zero-order valence-corrected chi connectivity index (χ0v) is 20.8. The minimum absolute atomic E-state index is 0.00707. The molecule has 1 heterocycles. The van der Waals surface area contributed by atoms with Crippen LogP contribution in [0.15, 0.2) is 103 Å². The molecule has 0 radical (unpaired) electrons. The van der Waals surface area contributed by atoms with Crippen molar-refractivity contribution < 1.29 is 19.0 Å². The van der Waals surface area contributed by atoms with Crippen LogP contribution in [0.5, 0.6) is 17.2 Å². The van der Waals surface area contributed by atoms with Crippen LogP contribution in [-0.4, -0.2) is 37.7 Å². The molecule has 4 aromatic rings. The summed E-state index contributed by atoms with van der Waals surface area (Å²) in [7, 11) is 1.62. The van der Waals surface area contributed by atoms with E-state index in [9.17, 15) is 4.79 Å². The minimum Gasteiger partial charge on any atom is -0.493 e. The largest absolute Gasteiger partial charge is 0.493 e. The first-order valence-electron chi connectivity index (χ1n) is 12.4. The third-order valence-corrected chi connectivity index (χ3v) is 6.36. The molecule has 1 aliphatic heterocycles. The standard InChI is InChI=1S/C31H30N2O4/c1-35-29-22-24(16-17-28(29)37-21-20-36-25-12-6-3-7-13-25)30-32-27-15-9-8-14-26(27)31(34)33(30)19-18-23-10-4-2-5-11-23/h2-17,22,30,32H,18-21H2,1H3. The van der Waals surface area contributed by atoms with Crippen LogP contribution >= 0.6 is 0 Å². The molecule has 1 atom stereocenters. The zero-order valence-electron chi connectivity index (χ0n) is 20.8. The normalized spacial score (nSPS) is 14.5. The number of rotatable bonds is 10. The molecule has 0 bridgehead atoms. The number of benzene rings is 4. The summed E-state index contributed by atoms with van der Waals surface area (Å²) in [4.78, 5) is 15.4. The maximum Gasteiger partial charge on any atom is 0.257 e. The summed E-state index contributed by atoms with van der Waals surface area (Å²) >= 11 is 0. The number of ether oxygens (including phenoxy) is 3. The van der Waals surface area contributed by atoms with E-state index in [0.29, 0.717) is 36.8 Å².